The maximum Gasteiger partial charge on any atom is 0.344 e. The molecule has 0 aliphatic carbocycles. The topological polar surface area (TPSA) is 179 Å². The molecule has 0 bridgehead atoms. The second kappa shape index (κ2) is 27.2. The van der Waals surface area contributed by atoms with Crippen molar-refractivity contribution in [2.24, 2.45) is 0 Å². The summed E-state index contributed by atoms with van der Waals surface area (Å²) in [7, 11) is 0. The van der Waals surface area contributed by atoms with E-state index in [9.17, 15) is 24.0 Å². The van der Waals surface area contributed by atoms with Crippen molar-refractivity contribution in [3.05, 3.63) is 249 Å². The van der Waals surface area contributed by atoms with Crippen LogP contribution in [0, 0.1) is 20.8 Å². The Morgan fingerprint density at radius 1 is 0.450 bits per heavy atom. The molecule has 13 heteroatoms. The van der Waals surface area contributed by atoms with Crippen LogP contribution in [0.3, 0.4) is 0 Å². The second-order valence-corrected chi connectivity index (χ2v) is 19.8. The lowest BCUT2D eigenvalue weighted by molar-refractivity contribution is 0.352. The van der Waals surface area contributed by atoms with Gasteiger partial charge in [-0.3, -0.25) is 0 Å². The minimum absolute atomic E-state index is 0.331. The lowest BCUT2D eigenvalue weighted by Crippen LogP contribution is -2.06. The van der Waals surface area contributed by atoms with Crippen LogP contribution in [0.15, 0.2) is 227 Å². The van der Waals surface area contributed by atoms with E-state index in [1.54, 1.807) is 48.5 Å². The molecule has 0 fully saturated rings. The van der Waals surface area contributed by atoms with Crippen molar-refractivity contribution in [1.82, 2.24) is 0 Å². The predicted octanol–water partition coefficient (Wildman–Crippen LogP) is 15.2. The Hall–Kier alpha value is -9.49. The summed E-state index contributed by atoms with van der Waals surface area (Å²) in [5.41, 5.74) is 9.13. The first-order valence-electron chi connectivity index (χ1n) is 25.9. The molecule has 0 atom stereocenters. The highest BCUT2D eigenvalue weighted by molar-refractivity contribution is 5.95. The van der Waals surface area contributed by atoms with Gasteiger partial charge < -0.3 is 36.3 Å². The molecular weight excluding hydrogens is 1010 g/mol. The lowest BCUT2D eigenvalue weighted by atomic mass is 10.0. The van der Waals surface area contributed by atoms with E-state index in [1.807, 2.05) is 108 Å². The van der Waals surface area contributed by atoms with Crippen molar-refractivity contribution in [2.45, 2.75) is 75.2 Å². The number of hydrogen-bond donors (Lipinski definition) is 0. The summed E-state index contributed by atoms with van der Waals surface area (Å²) in [6.07, 6.45) is 8.43. The molecule has 0 unspecified atom stereocenters. The summed E-state index contributed by atoms with van der Waals surface area (Å²) in [5.74, 6) is 2.08. The van der Waals surface area contributed by atoms with Gasteiger partial charge in [-0.15, -0.1) is 0 Å². The SMILES string of the molecule is C=C(C)COc1ccc2c(C)cc(=O)oc2c1.CC(C)=CCC/C(C)=C/COc1ccc2c(C)cc(=O)oc2c1.CC(C)=CCOc1ccc2ccc(=O)oc2c1.Cc1ccc2c(-c3cc4ccccc4oc3=O)cc(=O)oc2c1. The van der Waals surface area contributed by atoms with E-state index in [0.717, 1.165) is 56.6 Å². The van der Waals surface area contributed by atoms with Crippen LogP contribution in [0.4, 0.5) is 0 Å². The molecule has 10 rings (SSSR count). The summed E-state index contributed by atoms with van der Waals surface area (Å²) in [4.78, 5) is 58.0. The smallest absolute Gasteiger partial charge is 0.344 e. The average Bonchev–Trinajstić information content (AvgIpc) is 3.41. The van der Waals surface area contributed by atoms with Crippen LogP contribution in [0.25, 0.3) is 66.0 Å². The molecular formula is C67H64O13. The Morgan fingerprint density at radius 2 is 0.975 bits per heavy atom. The fourth-order valence-corrected chi connectivity index (χ4v) is 8.15. The normalized spacial score (nSPS) is 10.9. The fourth-order valence-electron chi connectivity index (χ4n) is 8.15. The van der Waals surface area contributed by atoms with Crippen LogP contribution in [0.5, 0.6) is 17.2 Å². The van der Waals surface area contributed by atoms with Crippen LogP contribution >= 0.6 is 0 Å². The maximum atomic E-state index is 12.4. The molecule has 0 aliphatic heterocycles. The number of rotatable bonds is 13. The molecule has 0 amide bonds. The zero-order valence-corrected chi connectivity index (χ0v) is 46.5. The number of benzene rings is 5. The van der Waals surface area contributed by atoms with E-state index in [4.69, 9.17) is 36.3 Å². The van der Waals surface area contributed by atoms with Gasteiger partial charge in [0.15, 0.2) is 0 Å². The maximum absolute atomic E-state index is 12.4. The molecule has 10 aromatic rings. The van der Waals surface area contributed by atoms with E-state index in [-0.39, 0.29) is 16.9 Å². The first kappa shape index (κ1) is 58.2. The van der Waals surface area contributed by atoms with E-state index in [2.05, 4.69) is 39.5 Å². The third-order valence-electron chi connectivity index (χ3n) is 12.3. The third kappa shape index (κ3) is 16.5. The number of hydrogen-bond acceptors (Lipinski definition) is 13. The molecule has 5 aromatic carbocycles. The molecule has 0 spiro atoms. The Labute approximate surface area is 462 Å². The summed E-state index contributed by atoms with van der Waals surface area (Å²) >= 11 is 0. The first-order chi connectivity index (χ1) is 38.3. The second-order valence-electron chi connectivity index (χ2n) is 19.8. The predicted molar refractivity (Wildman–Crippen MR) is 319 cm³/mol. The van der Waals surface area contributed by atoms with Crippen molar-refractivity contribution in [3.8, 4) is 28.4 Å². The third-order valence-corrected chi connectivity index (χ3v) is 12.3. The summed E-state index contributed by atoms with van der Waals surface area (Å²) in [6.45, 7) is 23.2. The average molecular weight is 1080 g/mol. The molecule has 0 saturated carbocycles. The zero-order valence-electron chi connectivity index (χ0n) is 46.5. The monoisotopic (exact) mass is 1080 g/mol. The van der Waals surface area contributed by atoms with Gasteiger partial charge in [-0.25, -0.2) is 24.0 Å². The Morgan fingerprint density at radius 3 is 1.60 bits per heavy atom. The quantitative estimate of drug-likeness (QED) is 0.0787. The Bertz CT molecular complexity index is 4260. The van der Waals surface area contributed by atoms with Crippen molar-refractivity contribution in [2.75, 3.05) is 19.8 Å². The van der Waals surface area contributed by atoms with Crippen molar-refractivity contribution < 1.29 is 36.3 Å². The Kier molecular flexibility index (Phi) is 19.8. The Balaban J connectivity index is 0.000000156. The van der Waals surface area contributed by atoms with Gasteiger partial charge in [-0.1, -0.05) is 59.7 Å². The van der Waals surface area contributed by atoms with E-state index in [0.29, 0.717) is 81.5 Å². The molecule has 0 radical (unpaired) electrons. The number of aryl methyl sites for hydroxylation is 3. The molecule has 5 heterocycles. The van der Waals surface area contributed by atoms with Gasteiger partial charge in [0.25, 0.3) is 0 Å². The minimum Gasteiger partial charge on any atom is -0.489 e. The van der Waals surface area contributed by atoms with E-state index in [1.165, 1.54) is 41.0 Å². The lowest BCUT2D eigenvalue weighted by Gasteiger charge is -2.07. The van der Waals surface area contributed by atoms with E-state index < -0.39 is 11.3 Å². The van der Waals surface area contributed by atoms with Gasteiger partial charge in [0.1, 0.15) is 65.0 Å². The van der Waals surface area contributed by atoms with Crippen molar-refractivity contribution in [1.29, 1.82) is 0 Å². The summed E-state index contributed by atoms with van der Waals surface area (Å²) in [5, 5.41) is 4.25. The molecule has 0 aliphatic rings. The highest BCUT2D eigenvalue weighted by Crippen LogP contribution is 2.29. The number of fused-ring (bicyclic) bond motifs is 5. The molecule has 80 heavy (non-hydrogen) atoms. The highest BCUT2D eigenvalue weighted by atomic mass is 16.5. The van der Waals surface area contributed by atoms with Crippen LogP contribution in [0.1, 0.15) is 71.1 Å². The summed E-state index contributed by atoms with van der Waals surface area (Å²) in [6, 6.07) is 38.6. The zero-order chi connectivity index (χ0) is 57.5. The molecule has 5 aromatic heterocycles. The first-order valence-corrected chi connectivity index (χ1v) is 25.9. The highest BCUT2D eigenvalue weighted by Gasteiger charge is 2.14. The van der Waals surface area contributed by atoms with E-state index >= 15 is 0 Å². The van der Waals surface area contributed by atoms with Gasteiger partial charge in [-0.2, -0.15) is 0 Å². The van der Waals surface area contributed by atoms with Gasteiger partial charge in [0.05, 0.1) is 5.56 Å². The molecule has 410 valence electrons. The van der Waals surface area contributed by atoms with Crippen LogP contribution in [-0.2, 0) is 0 Å². The van der Waals surface area contributed by atoms with Crippen LogP contribution in [-0.4, -0.2) is 19.8 Å². The summed E-state index contributed by atoms with van der Waals surface area (Å²) < 4.78 is 42.8. The molecule has 0 saturated heterocycles. The van der Waals surface area contributed by atoms with Gasteiger partial charge in [-0.05, 0) is 170 Å². The van der Waals surface area contributed by atoms with Crippen molar-refractivity contribution >= 4 is 54.8 Å². The number of para-hydroxylation sites is 1. The molecule has 0 N–H and O–H groups in total. The van der Waals surface area contributed by atoms with Gasteiger partial charge in [0, 0.05) is 75.0 Å². The largest absolute Gasteiger partial charge is 0.489 e. The molecule has 13 nitrogen and oxygen atoms in total. The minimum atomic E-state index is -0.495. The van der Waals surface area contributed by atoms with Crippen LogP contribution in [0.2, 0.25) is 0 Å². The fraction of sp³-hybridized carbons (Fsp3) is 0.209. The number of allylic oxidation sites excluding steroid dienone is 4. The van der Waals surface area contributed by atoms with Crippen LogP contribution < -0.4 is 42.3 Å². The van der Waals surface area contributed by atoms with Gasteiger partial charge in [0.2, 0.25) is 0 Å². The van der Waals surface area contributed by atoms with Crippen molar-refractivity contribution in [3.63, 3.8) is 0 Å². The number of ether oxygens (including phenoxy) is 3. The van der Waals surface area contributed by atoms with Gasteiger partial charge >= 0.3 is 28.1 Å². The standard InChI is InChI=1S/C20H24O3.C19H12O4.2C14H14O3/c1-14(2)6-5-7-15(3)10-11-22-17-8-9-18-16(4)12-20(21)23-19(18)13-17;1-11-6-7-13-14(10-18(20)22-17(13)8-11)15-9-12-4-2-3-5-16(12)23-19(15)21;1-9(2)8-16-11-4-5-12-10(3)6-14(15)17-13(12)7-11;1-10(2)7-8-16-12-5-3-11-4-6-14(15)17-13(11)9-12/h6,8-10,12-13H,5,7,11H2,1-4H3;2-10H,1H3;4-7H,1,8H2,2-3H3;3-7,9H,8H2,1-2H3/b15-10+;;;.